The third kappa shape index (κ3) is 3.10. The highest BCUT2D eigenvalue weighted by atomic mass is 79.9. The molecule has 1 aromatic heterocycles. The van der Waals surface area contributed by atoms with Crippen molar-refractivity contribution in [2.45, 2.75) is 64.8 Å². The fraction of sp³-hybridized carbons (Fsp3) is 0.765. The highest BCUT2D eigenvalue weighted by Crippen LogP contribution is 2.43. The Hall–Kier alpha value is -0.640. The van der Waals surface area contributed by atoms with Gasteiger partial charge in [-0.25, -0.2) is 0 Å². The van der Waals surface area contributed by atoms with Crippen molar-refractivity contribution in [3.63, 3.8) is 0 Å². The Kier molecular flexibility index (Phi) is 4.82. The lowest BCUT2D eigenvalue weighted by Gasteiger charge is -2.38. The van der Waals surface area contributed by atoms with E-state index in [2.05, 4.69) is 28.0 Å². The van der Waals surface area contributed by atoms with E-state index < -0.39 is 0 Å². The Labute approximate surface area is 135 Å². The molecule has 0 radical (unpaired) electrons. The smallest absolute Gasteiger partial charge is 0.185 e. The maximum Gasteiger partial charge on any atom is 0.185 e. The average molecular weight is 353 g/mol. The summed E-state index contributed by atoms with van der Waals surface area (Å²) in [5.74, 6) is 2.22. The molecule has 116 valence electrons. The highest BCUT2D eigenvalue weighted by molar-refractivity contribution is 9.10. The van der Waals surface area contributed by atoms with E-state index in [1.807, 2.05) is 4.68 Å². The maximum atomic E-state index is 13.0. The number of aryl methyl sites for hydroxylation is 1. The normalized spacial score (nSPS) is 29.1. The number of halogens is 1. The van der Waals surface area contributed by atoms with Crippen molar-refractivity contribution in [3.8, 4) is 0 Å². The van der Waals surface area contributed by atoms with Crippen LogP contribution in [0.5, 0.6) is 0 Å². The van der Waals surface area contributed by atoms with E-state index in [1.54, 1.807) is 6.20 Å². The van der Waals surface area contributed by atoms with E-state index >= 15 is 0 Å². The number of Topliss-reactive ketones (excluding diaryl/α,β-unsaturated/α-hetero) is 1. The van der Waals surface area contributed by atoms with Gasteiger partial charge in [0, 0.05) is 12.5 Å². The van der Waals surface area contributed by atoms with Gasteiger partial charge in [-0.15, -0.1) is 0 Å². The summed E-state index contributed by atoms with van der Waals surface area (Å²) in [6, 6.07) is 0. The minimum Gasteiger partial charge on any atom is -0.292 e. The standard InChI is InChI=1S/C17H25BrN2O/c1-2-9-20-16(15(18)11-19-20)17(21)14-8-7-12-5-3-4-6-13(12)10-14/h11-14H,2-10H2,1H3. The molecule has 21 heavy (non-hydrogen) atoms. The molecule has 2 aliphatic carbocycles. The van der Waals surface area contributed by atoms with Crippen LogP contribution in [0.3, 0.4) is 0 Å². The molecule has 2 fully saturated rings. The van der Waals surface area contributed by atoms with Gasteiger partial charge in [-0.2, -0.15) is 5.10 Å². The first kappa shape index (κ1) is 15.3. The molecule has 0 spiro atoms. The zero-order valence-electron chi connectivity index (χ0n) is 12.9. The van der Waals surface area contributed by atoms with Crippen LogP contribution < -0.4 is 0 Å². The molecule has 1 aromatic rings. The second-order valence-electron chi connectivity index (χ2n) is 6.74. The Bertz CT molecular complexity index is 511. The first-order chi connectivity index (χ1) is 10.2. The SMILES string of the molecule is CCCn1ncc(Br)c1C(=O)C1CCC2CCCCC2C1. The number of carbonyl (C=O) groups is 1. The topological polar surface area (TPSA) is 34.9 Å². The molecular weight excluding hydrogens is 328 g/mol. The van der Waals surface area contributed by atoms with Gasteiger partial charge in [0.05, 0.1) is 10.7 Å². The molecule has 2 aliphatic rings. The van der Waals surface area contributed by atoms with Crippen LogP contribution in [0.2, 0.25) is 0 Å². The molecule has 3 nitrogen and oxygen atoms in total. The molecule has 3 unspecified atom stereocenters. The summed E-state index contributed by atoms with van der Waals surface area (Å²) in [5.41, 5.74) is 0.802. The van der Waals surface area contributed by atoms with Crippen LogP contribution in [-0.2, 0) is 6.54 Å². The van der Waals surface area contributed by atoms with Crippen molar-refractivity contribution < 1.29 is 4.79 Å². The highest BCUT2D eigenvalue weighted by Gasteiger charge is 2.36. The molecular formula is C17H25BrN2O. The Morgan fingerprint density at radius 3 is 2.81 bits per heavy atom. The number of hydrogen-bond donors (Lipinski definition) is 0. The average Bonchev–Trinajstić information content (AvgIpc) is 2.87. The first-order valence-electron chi connectivity index (χ1n) is 8.46. The van der Waals surface area contributed by atoms with E-state index in [0.717, 1.165) is 47.8 Å². The lowest BCUT2D eigenvalue weighted by Crippen LogP contribution is -2.32. The zero-order chi connectivity index (χ0) is 14.8. The molecule has 0 aliphatic heterocycles. The van der Waals surface area contributed by atoms with Crippen molar-refractivity contribution in [2.24, 2.45) is 17.8 Å². The molecule has 0 saturated heterocycles. The molecule has 0 aromatic carbocycles. The van der Waals surface area contributed by atoms with Crippen LogP contribution in [0.25, 0.3) is 0 Å². The van der Waals surface area contributed by atoms with Gasteiger partial charge in [0.25, 0.3) is 0 Å². The van der Waals surface area contributed by atoms with Gasteiger partial charge in [0.15, 0.2) is 5.78 Å². The van der Waals surface area contributed by atoms with Gasteiger partial charge < -0.3 is 0 Å². The minimum absolute atomic E-state index is 0.216. The Morgan fingerprint density at radius 2 is 2.05 bits per heavy atom. The summed E-state index contributed by atoms with van der Waals surface area (Å²) in [6.07, 6.45) is 11.7. The summed E-state index contributed by atoms with van der Waals surface area (Å²) in [5, 5.41) is 4.35. The number of hydrogen-bond acceptors (Lipinski definition) is 2. The number of carbonyl (C=O) groups excluding carboxylic acids is 1. The zero-order valence-corrected chi connectivity index (χ0v) is 14.4. The molecule has 0 N–H and O–H groups in total. The van der Waals surface area contributed by atoms with Crippen molar-refractivity contribution >= 4 is 21.7 Å². The molecule has 3 rings (SSSR count). The van der Waals surface area contributed by atoms with Gasteiger partial charge in [0.2, 0.25) is 0 Å². The van der Waals surface area contributed by atoms with Gasteiger partial charge in [-0.05, 0) is 53.4 Å². The molecule has 1 heterocycles. The van der Waals surface area contributed by atoms with E-state index in [1.165, 1.54) is 32.1 Å². The van der Waals surface area contributed by atoms with Crippen molar-refractivity contribution in [2.75, 3.05) is 0 Å². The summed E-state index contributed by atoms with van der Waals surface area (Å²) < 4.78 is 2.76. The van der Waals surface area contributed by atoms with Crippen LogP contribution >= 0.6 is 15.9 Å². The lowest BCUT2D eigenvalue weighted by atomic mass is 9.66. The largest absolute Gasteiger partial charge is 0.292 e. The van der Waals surface area contributed by atoms with Crippen molar-refractivity contribution in [3.05, 3.63) is 16.4 Å². The van der Waals surface area contributed by atoms with Crippen LogP contribution in [0.15, 0.2) is 10.7 Å². The number of nitrogens with zero attached hydrogens (tertiary/aromatic N) is 2. The monoisotopic (exact) mass is 352 g/mol. The lowest BCUT2D eigenvalue weighted by molar-refractivity contribution is 0.0752. The second kappa shape index (κ2) is 6.64. The van der Waals surface area contributed by atoms with E-state index in [-0.39, 0.29) is 5.92 Å². The predicted molar refractivity (Wildman–Crippen MR) is 87.3 cm³/mol. The molecule has 0 bridgehead atoms. The van der Waals surface area contributed by atoms with E-state index in [0.29, 0.717) is 5.78 Å². The van der Waals surface area contributed by atoms with E-state index in [4.69, 9.17) is 0 Å². The van der Waals surface area contributed by atoms with Crippen molar-refractivity contribution in [1.82, 2.24) is 9.78 Å². The summed E-state index contributed by atoms with van der Waals surface area (Å²) in [6.45, 7) is 2.95. The van der Waals surface area contributed by atoms with Gasteiger partial charge >= 0.3 is 0 Å². The van der Waals surface area contributed by atoms with Crippen LogP contribution in [0.4, 0.5) is 0 Å². The summed E-state index contributed by atoms with van der Waals surface area (Å²) >= 11 is 3.52. The van der Waals surface area contributed by atoms with Gasteiger partial charge in [0.1, 0.15) is 5.69 Å². The molecule has 4 heteroatoms. The third-order valence-electron chi connectivity index (χ3n) is 5.37. The summed E-state index contributed by atoms with van der Waals surface area (Å²) in [7, 11) is 0. The predicted octanol–water partition coefficient (Wildman–Crippen LogP) is 4.84. The van der Waals surface area contributed by atoms with Crippen LogP contribution in [-0.4, -0.2) is 15.6 Å². The molecule has 3 atom stereocenters. The fourth-order valence-corrected chi connectivity index (χ4v) is 4.79. The Morgan fingerprint density at radius 1 is 1.29 bits per heavy atom. The number of rotatable bonds is 4. The quantitative estimate of drug-likeness (QED) is 0.726. The fourth-order valence-electron chi connectivity index (χ4n) is 4.29. The summed E-state index contributed by atoms with van der Waals surface area (Å²) in [4.78, 5) is 13.0. The first-order valence-corrected chi connectivity index (χ1v) is 9.25. The number of ketones is 1. The Balaban J connectivity index is 1.75. The molecule has 2 saturated carbocycles. The van der Waals surface area contributed by atoms with Gasteiger partial charge in [-0.1, -0.05) is 32.6 Å². The van der Waals surface area contributed by atoms with Gasteiger partial charge in [-0.3, -0.25) is 9.48 Å². The third-order valence-corrected chi connectivity index (χ3v) is 5.95. The minimum atomic E-state index is 0.216. The number of fused-ring (bicyclic) bond motifs is 1. The second-order valence-corrected chi connectivity index (χ2v) is 7.60. The van der Waals surface area contributed by atoms with Crippen LogP contribution in [0.1, 0.15) is 68.8 Å². The molecule has 0 amide bonds. The number of aromatic nitrogens is 2. The van der Waals surface area contributed by atoms with E-state index in [9.17, 15) is 4.79 Å². The maximum absolute atomic E-state index is 13.0. The van der Waals surface area contributed by atoms with Crippen molar-refractivity contribution in [1.29, 1.82) is 0 Å². The van der Waals surface area contributed by atoms with Crippen LogP contribution in [0, 0.1) is 17.8 Å².